The van der Waals surface area contributed by atoms with E-state index in [9.17, 15) is 13.9 Å². The van der Waals surface area contributed by atoms with E-state index >= 15 is 0 Å². The van der Waals surface area contributed by atoms with Crippen molar-refractivity contribution in [1.82, 2.24) is 0 Å². The van der Waals surface area contributed by atoms with Gasteiger partial charge in [0.05, 0.1) is 5.02 Å². The zero-order chi connectivity index (χ0) is 11.8. The fraction of sp³-hybridized carbons (Fsp3) is 0.500. The molecule has 0 saturated heterocycles. The number of halogens is 3. The molecule has 1 aliphatic carbocycles. The van der Waals surface area contributed by atoms with Gasteiger partial charge in [-0.3, -0.25) is 0 Å². The van der Waals surface area contributed by atoms with E-state index in [4.69, 9.17) is 11.6 Å². The smallest absolute Gasteiger partial charge is 0.248 e. The number of rotatable bonds is 1. The Bertz CT molecular complexity index is 383. The highest BCUT2D eigenvalue weighted by atomic mass is 35.5. The Morgan fingerprint density at radius 3 is 2.44 bits per heavy atom. The fourth-order valence-electron chi connectivity index (χ4n) is 2.15. The fourth-order valence-corrected chi connectivity index (χ4v) is 2.34. The molecule has 4 heteroatoms. The largest absolute Gasteiger partial charge is 0.506 e. The SMILES string of the molecule is Oc1ccc(C2CCC(F)(F)CC2)cc1Cl. The Kier molecular flexibility index (Phi) is 3.06. The minimum Gasteiger partial charge on any atom is -0.506 e. The molecule has 0 amide bonds. The van der Waals surface area contributed by atoms with Crippen molar-refractivity contribution in [3.63, 3.8) is 0 Å². The summed E-state index contributed by atoms with van der Waals surface area (Å²) in [4.78, 5) is 0. The van der Waals surface area contributed by atoms with E-state index in [1.807, 2.05) is 0 Å². The molecule has 1 aromatic rings. The molecule has 0 bridgehead atoms. The van der Waals surface area contributed by atoms with Gasteiger partial charge < -0.3 is 5.11 Å². The van der Waals surface area contributed by atoms with Gasteiger partial charge in [-0.1, -0.05) is 17.7 Å². The van der Waals surface area contributed by atoms with Gasteiger partial charge in [-0.05, 0) is 36.5 Å². The molecule has 0 unspecified atom stereocenters. The average Bonchev–Trinajstić information content (AvgIpc) is 2.22. The van der Waals surface area contributed by atoms with Crippen LogP contribution < -0.4 is 0 Å². The van der Waals surface area contributed by atoms with E-state index in [-0.39, 0.29) is 29.5 Å². The molecule has 1 N–H and O–H groups in total. The van der Waals surface area contributed by atoms with Crippen molar-refractivity contribution in [2.75, 3.05) is 0 Å². The van der Waals surface area contributed by atoms with Crippen LogP contribution in [0, 0.1) is 0 Å². The van der Waals surface area contributed by atoms with Crippen molar-refractivity contribution in [3.05, 3.63) is 28.8 Å². The Morgan fingerprint density at radius 2 is 1.88 bits per heavy atom. The number of phenolic OH excluding ortho intramolecular Hbond substituents is 1. The Morgan fingerprint density at radius 1 is 1.25 bits per heavy atom. The Hall–Kier alpha value is -0.830. The van der Waals surface area contributed by atoms with Crippen molar-refractivity contribution in [1.29, 1.82) is 0 Å². The third kappa shape index (κ3) is 2.46. The third-order valence-electron chi connectivity index (χ3n) is 3.16. The monoisotopic (exact) mass is 246 g/mol. The van der Waals surface area contributed by atoms with Crippen LogP contribution in [0.4, 0.5) is 8.78 Å². The van der Waals surface area contributed by atoms with Crippen molar-refractivity contribution >= 4 is 11.6 Å². The molecule has 16 heavy (non-hydrogen) atoms. The van der Waals surface area contributed by atoms with E-state index in [1.54, 1.807) is 12.1 Å². The molecular formula is C12H13ClF2O. The molecule has 0 spiro atoms. The molecule has 1 aromatic carbocycles. The van der Waals surface area contributed by atoms with Crippen LogP contribution in [0.1, 0.15) is 37.2 Å². The highest BCUT2D eigenvalue weighted by Gasteiger charge is 2.35. The molecule has 0 heterocycles. The minimum atomic E-state index is -2.50. The van der Waals surface area contributed by atoms with Gasteiger partial charge in [-0.25, -0.2) is 8.78 Å². The van der Waals surface area contributed by atoms with Gasteiger partial charge in [-0.2, -0.15) is 0 Å². The van der Waals surface area contributed by atoms with Crippen LogP contribution in [0.2, 0.25) is 5.02 Å². The van der Waals surface area contributed by atoms with Gasteiger partial charge in [-0.15, -0.1) is 0 Å². The summed E-state index contributed by atoms with van der Waals surface area (Å²) >= 11 is 5.79. The summed E-state index contributed by atoms with van der Waals surface area (Å²) in [6.45, 7) is 0. The normalized spacial score (nSPS) is 20.9. The zero-order valence-corrected chi connectivity index (χ0v) is 9.47. The molecule has 0 radical (unpaired) electrons. The maximum Gasteiger partial charge on any atom is 0.248 e. The first kappa shape index (κ1) is 11.6. The van der Waals surface area contributed by atoms with E-state index in [0.717, 1.165) is 5.56 Å². The number of hydrogen-bond donors (Lipinski definition) is 1. The van der Waals surface area contributed by atoms with Crippen LogP contribution in [0.25, 0.3) is 0 Å². The maximum atomic E-state index is 13.0. The van der Waals surface area contributed by atoms with Crippen molar-refractivity contribution in [2.24, 2.45) is 0 Å². The van der Waals surface area contributed by atoms with Gasteiger partial charge in [0.2, 0.25) is 5.92 Å². The van der Waals surface area contributed by atoms with Crippen molar-refractivity contribution in [3.8, 4) is 5.75 Å². The molecule has 2 rings (SSSR count). The predicted molar refractivity (Wildman–Crippen MR) is 59.3 cm³/mol. The second-order valence-electron chi connectivity index (χ2n) is 4.34. The van der Waals surface area contributed by atoms with Gasteiger partial charge in [0.15, 0.2) is 0 Å². The van der Waals surface area contributed by atoms with Crippen LogP contribution in [-0.2, 0) is 0 Å². The number of benzene rings is 1. The van der Waals surface area contributed by atoms with Crippen LogP contribution in [0.15, 0.2) is 18.2 Å². The van der Waals surface area contributed by atoms with Crippen molar-refractivity contribution < 1.29 is 13.9 Å². The first-order chi connectivity index (χ1) is 7.48. The maximum absolute atomic E-state index is 13.0. The van der Waals surface area contributed by atoms with Gasteiger partial charge >= 0.3 is 0 Å². The van der Waals surface area contributed by atoms with Crippen LogP contribution in [-0.4, -0.2) is 11.0 Å². The lowest BCUT2D eigenvalue weighted by atomic mass is 9.82. The Labute approximate surface area is 98.0 Å². The minimum absolute atomic E-state index is 0.0338. The lowest BCUT2D eigenvalue weighted by molar-refractivity contribution is -0.0382. The molecule has 0 atom stereocenters. The van der Waals surface area contributed by atoms with Crippen LogP contribution >= 0.6 is 11.6 Å². The topological polar surface area (TPSA) is 20.2 Å². The summed E-state index contributed by atoms with van der Waals surface area (Å²) in [6.07, 6.45) is 0.842. The molecule has 1 fully saturated rings. The van der Waals surface area contributed by atoms with E-state index in [1.165, 1.54) is 6.07 Å². The number of alkyl halides is 2. The lowest BCUT2D eigenvalue weighted by Crippen LogP contribution is -2.23. The summed E-state index contributed by atoms with van der Waals surface area (Å²) in [5.41, 5.74) is 0.943. The summed E-state index contributed by atoms with van der Waals surface area (Å²) < 4.78 is 25.9. The molecule has 1 saturated carbocycles. The standard InChI is InChI=1S/C12H13ClF2O/c13-10-7-9(1-2-11(10)16)8-3-5-12(14,15)6-4-8/h1-2,7-8,16H,3-6H2. The summed E-state index contributed by atoms with van der Waals surface area (Å²) in [7, 11) is 0. The summed E-state index contributed by atoms with van der Waals surface area (Å²) in [5.74, 6) is -2.33. The van der Waals surface area contributed by atoms with E-state index in [0.29, 0.717) is 12.8 Å². The number of aromatic hydroxyl groups is 1. The lowest BCUT2D eigenvalue weighted by Gasteiger charge is -2.28. The molecule has 0 aliphatic heterocycles. The number of hydrogen-bond acceptors (Lipinski definition) is 1. The van der Waals surface area contributed by atoms with E-state index in [2.05, 4.69) is 0 Å². The molecule has 88 valence electrons. The molecule has 1 aliphatic rings. The molecule has 1 nitrogen and oxygen atoms in total. The average molecular weight is 247 g/mol. The first-order valence-electron chi connectivity index (χ1n) is 5.34. The highest BCUT2D eigenvalue weighted by Crippen LogP contribution is 2.41. The second-order valence-corrected chi connectivity index (χ2v) is 4.75. The summed E-state index contributed by atoms with van der Waals surface area (Å²) in [5, 5.41) is 9.56. The highest BCUT2D eigenvalue weighted by molar-refractivity contribution is 6.32. The summed E-state index contributed by atoms with van der Waals surface area (Å²) in [6, 6.07) is 4.95. The Balaban J connectivity index is 2.11. The number of phenols is 1. The quantitative estimate of drug-likeness (QED) is 0.782. The third-order valence-corrected chi connectivity index (χ3v) is 3.46. The predicted octanol–water partition coefficient (Wildman–Crippen LogP) is 4.34. The van der Waals surface area contributed by atoms with Crippen LogP contribution in [0.3, 0.4) is 0 Å². The van der Waals surface area contributed by atoms with Gasteiger partial charge in [0.25, 0.3) is 0 Å². The first-order valence-corrected chi connectivity index (χ1v) is 5.72. The van der Waals surface area contributed by atoms with Gasteiger partial charge in [0.1, 0.15) is 5.75 Å². The van der Waals surface area contributed by atoms with Crippen molar-refractivity contribution in [2.45, 2.75) is 37.5 Å². The van der Waals surface area contributed by atoms with E-state index < -0.39 is 5.92 Å². The molecular weight excluding hydrogens is 234 g/mol. The van der Waals surface area contributed by atoms with Crippen LogP contribution in [0.5, 0.6) is 5.75 Å². The molecule has 0 aromatic heterocycles. The second kappa shape index (κ2) is 4.21. The van der Waals surface area contributed by atoms with Gasteiger partial charge in [0, 0.05) is 12.8 Å². The zero-order valence-electron chi connectivity index (χ0n) is 8.72.